The number of carbonyl (C=O) groups is 2. The second kappa shape index (κ2) is 9.26. The van der Waals surface area contributed by atoms with Crippen molar-refractivity contribution in [1.82, 2.24) is 10.3 Å². The number of aromatic nitrogens is 1. The molecule has 0 unspecified atom stereocenters. The third-order valence-electron chi connectivity index (χ3n) is 5.22. The molecular formula is C25H24N2O2S. The van der Waals surface area contributed by atoms with E-state index in [0.717, 1.165) is 40.2 Å². The number of aryl methyl sites for hydroxylation is 1. The number of thioether (sulfide) groups is 1. The number of rotatable bonds is 7. The van der Waals surface area contributed by atoms with E-state index in [1.54, 1.807) is 6.08 Å². The van der Waals surface area contributed by atoms with Crippen LogP contribution in [0, 0.1) is 0 Å². The third kappa shape index (κ3) is 4.62. The van der Waals surface area contributed by atoms with Crippen LogP contribution in [0.25, 0.3) is 28.1 Å². The van der Waals surface area contributed by atoms with Crippen molar-refractivity contribution in [2.24, 2.45) is 0 Å². The normalized spacial score (nSPS) is 15.2. The lowest BCUT2D eigenvalue weighted by atomic mass is 9.97. The van der Waals surface area contributed by atoms with Gasteiger partial charge < -0.3 is 0 Å². The zero-order valence-corrected chi connectivity index (χ0v) is 17.8. The van der Waals surface area contributed by atoms with Gasteiger partial charge in [-0.2, -0.15) is 0 Å². The van der Waals surface area contributed by atoms with Gasteiger partial charge in [-0.1, -0.05) is 62.6 Å². The number of fused-ring (bicyclic) bond motifs is 1. The molecular weight excluding hydrogens is 392 g/mol. The summed E-state index contributed by atoms with van der Waals surface area (Å²) in [6.07, 6.45) is 7.71. The summed E-state index contributed by atoms with van der Waals surface area (Å²) >= 11 is 0.913. The largest absolute Gasteiger partial charge is 0.290 e. The molecule has 1 aliphatic heterocycles. The molecule has 0 saturated carbocycles. The van der Waals surface area contributed by atoms with Crippen molar-refractivity contribution in [3.05, 3.63) is 70.8 Å². The Morgan fingerprint density at radius 3 is 2.57 bits per heavy atom. The first-order valence-corrected chi connectivity index (χ1v) is 11.2. The number of pyridine rings is 1. The van der Waals surface area contributed by atoms with Crippen molar-refractivity contribution in [2.75, 3.05) is 0 Å². The molecule has 0 aliphatic carbocycles. The van der Waals surface area contributed by atoms with Crippen LogP contribution in [-0.2, 0) is 11.2 Å². The van der Waals surface area contributed by atoms with Crippen molar-refractivity contribution in [3.63, 3.8) is 0 Å². The molecule has 152 valence electrons. The monoisotopic (exact) mass is 416 g/mol. The van der Waals surface area contributed by atoms with Crippen LogP contribution in [0.4, 0.5) is 4.79 Å². The highest BCUT2D eigenvalue weighted by atomic mass is 32.2. The van der Waals surface area contributed by atoms with E-state index < -0.39 is 0 Å². The number of nitrogens with zero attached hydrogens (tertiary/aromatic N) is 1. The summed E-state index contributed by atoms with van der Waals surface area (Å²) < 4.78 is 0. The fourth-order valence-corrected chi connectivity index (χ4v) is 4.36. The minimum absolute atomic E-state index is 0.344. The van der Waals surface area contributed by atoms with E-state index in [-0.39, 0.29) is 11.1 Å². The molecule has 3 aromatic rings. The summed E-state index contributed by atoms with van der Waals surface area (Å²) in [4.78, 5) is 28.6. The summed E-state index contributed by atoms with van der Waals surface area (Å²) in [7, 11) is 0. The predicted octanol–water partition coefficient (Wildman–Crippen LogP) is 6.35. The number of hydrogen-bond donors (Lipinski definition) is 1. The quantitative estimate of drug-likeness (QED) is 0.360. The average molecular weight is 417 g/mol. The highest BCUT2D eigenvalue weighted by Crippen LogP contribution is 2.32. The number of amides is 2. The molecule has 4 nitrogen and oxygen atoms in total. The van der Waals surface area contributed by atoms with Crippen LogP contribution in [0.5, 0.6) is 0 Å². The van der Waals surface area contributed by atoms with Gasteiger partial charge in [0.25, 0.3) is 11.1 Å². The summed E-state index contributed by atoms with van der Waals surface area (Å²) in [5.74, 6) is -0.365. The van der Waals surface area contributed by atoms with Crippen LogP contribution in [0.1, 0.15) is 43.9 Å². The maximum atomic E-state index is 12.0. The first-order chi connectivity index (χ1) is 14.6. The Kier molecular flexibility index (Phi) is 6.29. The maximum Gasteiger partial charge on any atom is 0.290 e. The van der Waals surface area contributed by atoms with Gasteiger partial charge in [0.15, 0.2) is 0 Å². The fourth-order valence-electron chi connectivity index (χ4n) is 3.69. The molecule has 0 atom stereocenters. The van der Waals surface area contributed by atoms with E-state index in [4.69, 9.17) is 4.98 Å². The number of benzene rings is 2. The van der Waals surface area contributed by atoms with Crippen molar-refractivity contribution in [2.45, 2.75) is 39.0 Å². The Bertz CT molecular complexity index is 1120. The second-order valence-electron chi connectivity index (χ2n) is 7.48. The molecule has 5 heteroatoms. The highest BCUT2D eigenvalue weighted by molar-refractivity contribution is 8.18. The van der Waals surface area contributed by atoms with E-state index >= 15 is 0 Å². The summed E-state index contributed by atoms with van der Waals surface area (Å²) in [5, 5.41) is 3.06. The van der Waals surface area contributed by atoms with Crippen LogP contribution in [0.15, 0.2) is 59.5 Å². The van der Waals surface area contributed by atoms with Crippen LogP contribution < -0.4 is 5.32 Å². The Labute approximate surface area is 180 Å². The number of unbranched alkanes of at least 4 members (excludes halogenated alkanes) is 3. The second-order valence-corrected chi connectivity index (χ2v) is 8.49. The third-order valence-corrected chi connectivity index (χ3v) is 6.03. The van der Waals surface area contributed by atoms with Gasteiger partial charge in [-0.05, 0) is 65.6 Å². The molecule has 1 saturated heterocycles. The lowest BCUT2D eigenvalue weighted by molar-refractivity contribution is -0.115. The lowest BCUT2D eigenvalue weighted by Gasteiger charge is -2.11. The van der Waals surface area contributed by atoms with Crippen LogP contribution >= 0.6 is 11.8 Å². The number of nitrogens with one attached hydrogen (secondary N) is 1. The highest BCUT2D eigenvalue weighted by Gasteiger charge is 2.25. The molecule has 30 heavy (non-hydrogen) atoms. The molecule has 2 heterocycles. The van der Waals surface area contributed by atoms with E-state index in [0.29, 0.717) is 10.6 Å². The van der Waals surface area contributed by atoms with Gasteiger partial charge >= 0.3 is 0 Å². The lowest BCUT2D eigenvalue weighted by Crippen LogP contribution is -2.17. The van der Waals surface area contributed by atoms with Gasteiger partial charge in [0.1, 0.15) is 0 Å². The molecule has 0 spiro atoms. The average Bonchev–Trinajstić information content (AvgIpc) is 3.08. The minimum atomic E-state index is -0.365. The van der Waals surface area contributed by atoms with Gasteiger partial charge in [-0.3, -0.25) is 14.9 Å². The van der Waals surface area contributed by atoms with Gasteiger partial charge in [0.2, 0.25) is 0 Å². The standard InChI is InChI=1S/C25H24N2O2S/c1-2-3-4-6-9-17-12-13-22-21(14-17)20(18-10-7-5-8-11-18)15-19(26-22)16-23-24(28)27-25(29)30-23/h5,7-8,10-16H,2-4,6,9H2,1H3,(H,27,28,29). The topological polar surface area (TPSA) is 59.1 Å². The fraction of sp³-hybridized carbons (Fsp3) is 0.240. The number of hydrogen-bond acceptors (Lipinski definition) is 4. The van der Waals surface area contributed by atoms with Crippen LogP contribution in [-0.4, -0.2) is 16.1 Å². The van der Waals surface area contributed by atoms with E-state index in [2.05, 4.69) is 42.6 Å². The maximum absolute atomic E-state index is 12.0. The van der Waals surface area contributed by atoms with Gasteiger partial charge in [0.05, 0.1) is 16.1 Å². The molecule has 0 bridgehead atoms. The van der Waals surface area contributed by atoms with Crippen molar-refractivity contribution in [3.8, 4) is 11.1 Å². The van der Waals surface area contributed by atoms with Gasteiger partial charge in [-0.25, -0.2) is 4.98 Å². The number of imide groups is 1. The summed E-state index contributed by atoms with van der Waals surface area (Å²) in [5.41, 5.74) is 5.06. The first-order valence-electron chi connectivity index (χ1n) is 10.4. The van der Waals surface area contributed by atoms with Crippen LogP contribution in [0.3, 0.4) is 0 Å². The molecule has 1 fully saturated rings. The van der Waals surface area contributed by atoms with E-state index in [9.17, 15) is 9.59 Å². The zero-order valence-electron chi connectivity index (χ0n) is 17.0. The van der Waals surface area contributed by atoms with Gasteiger partial charge in [0, 0.05) is 5.39 Å². The van der Waals surface area contributed by atoms with Crippen molar-refractivity contribution >= 4 is 39.9 Å². The summed E-state index contributed by atoms with van der Waals surface area (Å²) in [6.45, 7) is 2.23. The zero-order chi connectivity index (χ0) is 20.9. The van der Waals surface area contributed by atoms with E-state index in [1.165, 1.54) is 31.2 Å². The molecule has 4 rings (SSSR count). The van der Waals surface area contributed by atoms with Crippen molar-refractivity contribution in [1.29, 1.82) is 0 Å². The van der Waals surface area contributed by atoms with Crippen LogP contribution in [0.2, 0.25) is 0 Å². The molecule has 1 N–H and O–H groups in total. The van der Waals surface area contributed by atoms with E-state index in [1.807, 2.05) is 24.3 Å². The molecule has 2 aromatic carbocycles. The SMILES string of the molecule is CCCCCCc1ccc2nc(C=C3SC(=O)NC3=O)cc(-c3ccccc3)c2c1. The molecule has 2 amide bonds. The Balaban J connectivity index is 1.76. The summed E-state index contributed by atoms with van der Waals surface area (Å²) in [6, 6.07) is 18.7. The Hall–Kier alpha value is -2.92. The first kappa shape index (κ1) is 20.4. The predicted molar refractivity (Wildman–Crippen MR) is 124 cm³/mol. The molecule has 1 aliphatic rings. The Morgan fingerprint density at radius 1 is 1.00 bits per heavy atom. The minimum Gasteiger partial charge on any atom is -0.282 e. The van der Waals surface area contributed by atoms with Gasteiger partial charge in [-0.15, -0.1) is 0 Å². The number of carbonyl (C=O) groups excluding carboxylic acids is 2. The van der Waals surface area contributed by atoms with Crippen molar-refractivity contribution < 1.29 is 9.59 Å². The Morgan fingerprint density at radius 2 is 1.83 bits per heavy atom. The smallest absolute Gasteiger partial charge is 0.282 e. The molecule has 0 radical (unpaired) electrons. The molecule has 1 aromatic heterocycles.